The number of benzene rings is 2. The summed E-state index contributed by atoms with van der Waals surface area (Å²) in [6.45, 7) is 6.51. The van der Waals surface area contributed by atoms with Crippen LogP contribution in [0.5, 0.6) is 0 Å². The predicted molar refractivity (Wildman–Crippen MR) is 123 cm³/mol. The lowest BCUT2D eigenvalue weighted by Crippen LogP contribution is -2.60. The van der Waals surface area contributed by atoms with E-state index in [2.05, 4.69) is 100 Å². The number of piperazine rings is 1. The summed E-state index contributed by atoms with van der Waals surface area (Å²) in [5, 5.41) is 0. The standard InChI is InChI=1S/C25H27N5/c1-19-17-29(20(2)16-28(19)24-14-8-9-15-26-24)25-22-12-6-7-13-23(22)27-18-30(25)21-10-4-3-5-11-21/h3-15,18-20,25H,16-17H2,1-2H3. The van der Waals surface area contributed by atoms with Crippen molar-refractivity contribution in [3.05, 3.63) is 84.6 Å². The van der Waals surface area contributed by atoms with Crippen LogP contribution in [0.4, 0.5) is 17.2 Å². The summed E-state index contributed by atoms with van der Waals surface area (Å²) in [5.41, 5.74) is 3.48. The number of aliphatic imine (C=N–C) groups is 1. The van der Waals surface area contributed by atoms with Crippen molar-refractivity contribution in [3.63, 3.8) is 0 Å². The average Bonchev–Trinajstić information content (AvgIpc) is 2.81. The van der Waals surface area contributed by atoms with E-state index in [1.54, 1.807) is 0 Å². The normalized spacial score (nSPS) is 24.0. The van der Waals surface area contributed by atoms with Crippen LogP contribution in [0.2, 0.25) is 0 Å². The third-order valence-corrected chi connectivity index (χ3v) is 6.15. The average molecular weight is 398 g/mol. The zero-order valence-electron chi connectivity index (χ0n) is 17.5. The Morgan fingerprint density at radius 3 is 2.37 bits per heavy atom. The topological polar surface area (TPSA) is 35.0 Å². The second kappa shape index (κ2) is 7.92. The first-order valence-corrected chi connectivity index (χ1v) is 10.6. The largest absolute Gasteiger partial charge is 0.351 e. The summed E-state index contributed by atoms with van der Waals surface area (Å²) in [4.78, 5) is 16.7. The first-order valence-electron chi connectivity index (χ1n) is 10.6. The summed E-state index contributed by atoms with van der Waals surface area (Å²) >= 11 is 0. The molecule has 152 valence electrons. The second-order valence-electron chi connectivity index (χ2n) is 8.16. The molecule has 3 aromatic rings. The highest BCUT2D eigenvalue weighted by molar-refractivity contribution is 5.85. The van der Waals surface area contributed by atoms with Gasteiger partial charge in [-0.1, -0.05) is 42.5 Å². The number of anilines is 2. The predicted octanol–water partition coefficient (Wildman–Crippen LogP) is 4.86. The van der Waals surface area contributed by atoms with Gasteiger partial charge >= 0.3 is 0 Å². The molecule has 2 aliphatic rings. The van der Waals surface area contributed by atoms with Crippen LogP contribution in [0.3, 0.4) is 0 Å². The fraction of sp³-hybridized carbons (Fsp3) is 0.280. The van der Waals surface area contributed by atoms with Gasteiger partial charge in [-0.15, -0.1) is 0 Å². The van der Waals surface area contributed by atoms with Crippen molar-refractivity contribution < 1.29 is 0 Å². The van der Waals surface area contributed by atoms with Gasteiger partial charge in [0.25, 0.3) is 0 Å². The van der Waals surface area contributed by atoms with Gasteiger partial charge in [0.15, 0.2) is 0 Å². The maximum absolute atomic E-state index is 4.76. The Balaban J connectivity index is 1.51. The zero-order chi connectivity index (χ0) is 20.5. The van der Waals surface area contributed by atoms with E-state index < -0.39 is 0 Å². The van der Waals surface area contributed by atoms with Gasteiger partial charge in [-0.25, -0.2) is 9.98 Å². The molecular formula is C25H27N5. The van der Waals surface area contributed by atoms with Crippen LogP contribution in [-0.2, 0) is 0 Å². The fourth-order valence-electron chi connectivity index (χ4n) is 4.64. The lowest BCUT2D eigenvalue weighted by Gasteiger charge is -2.50. The first kappa shape index (κ1) is 18.8. The number of aromatic nitrogens is 1. The third kappa shape index (κ3) is 3.35. The molecule has 1 fully saturated rings. The summed E-state index contributed by atoms with van der Waals surface area (Å²) in [6.07, 6.45) is 3.99. The molecule has 5 nitrogen and oxygen atoms in total. The third-order valence-electron chi connectivity index (χ3n) is 6.15. The van der Waals surface area contributed by atoms with Crippen LogP contribution >= 0.6 is 0 Å². The minimum Gasteiger partial charge on any atom is -0.351 e. The van der Waals surface area contributed by atoms with Crippen molar-refractivity contribution >= 4 is 23.5 Å². The van der Waals surface area contributed by atoms with Crippen LogP contribution in [0.15, 0.2) is 84.0 Å². The maximum atomic E-state index is 4.76. The molecule has 5 rings (SSSR count). The monoisotopic (exact) mass is 397 g/mol. The molecule has 3 atom stereocenters. The Morgan fingerprint density at radius 2 is 1.57 bits per heavy atom. The molecule has 0 aliphatic carbocycles. The summed E-state index contributed by atoms with van der Waals surface area (Å²) in [7, 11) is 0. The highest BCUT2D eigenvalue weighted by Gasteiger charge is 2.39. The van der Waals surface area contributed by atoms with E-state index in [0.29, 0.717) is 12.1 Å². The lowest BCUT2D eigenvalue weighted by molar-refractivity contribution is 0.114. The number of pyridine rings is 1. The van der Waals surface area contributed by atoms with E-state index in [1.807, 2.05) is 18.6 Å². The molecule has 1 aromatic heterocycles. The van der Waals surface area contributed by atoms with Crippen molar-refractivity contribution in [1.29, 1.82) is 0 Å². The van der Waals surface area contributed by atoms with Crippen molar-refractivity contribution in [1.82, 2.24) is 9.88 Å². The van der Waals surface area contributed by atoms with Crippen molar-refractivity contribution in [2.45, 2.75) is 32.1 Å². The summed E-state index contributed by atoms with van der Waals surface area (Å²) < 4.78 is 0. The molecule has 1 saturated heterocycles. The van der Waals surface area contributed by atoms with Gasteiger partial charge in [0.05, 0.1) is 12.0 Å². The molecule has 0 saturated carbocycles. The van der Waals surface area contributed by atoms with E-state index in [-0.39, 0.29) is 6.17 Å². The Morgan fingerprint density at radius 1 is 0.800 bits per heavy atom. The first-order chi connectivity index (χ1) is 14.7. The van der Waals surface area contributed by atoms with Crippen molar-refractivity contribution in [2.24, 2.45) is 4.99 Å². The molecule has 0 bridgehead atoms. The number of nitrogens with zero attached hydrogens (tertiary/aromatic N) is 5. The Bertz CT molecular complexity index is 1020. The Labute approximate surface area is 178 Å². The molecule has 3 heterocycles. The second-order valence-corrected chi connectivity index (χ2v) is 8.16. The van der Waals surface area contributed by atoms with Gasteiger partial charge < -0.3 is 9.80 Å². The van der Waals surface area contributed by atoms with Gasteiger partial charge in [-0.3, -0.25) is 4.90 Å². The molecule has 2 aliphatic heterocycles. The molecule has 5 heteroatoms. The molecule has 0 spiro atoms. The van der Waals surface area contributed by atoms with Crippen LogP contribution < -0.4 is 9.80 Å². The van der Waals surface area contributed by atoms with Gasteiger partial charge in [0.1, 0.15) is 12.0 Å². The summed E-state index contributed by atoms with van der Waals surface area (Å²) in [6, 6.07) is 25.9. The number of rotatable bonds is 3. The number of fused-ring (bicyclic) bond motifs is 1. The van der Waals surface area contributed by atoms with E-state index in [1.165, 1.54) is 5.56 Å². The highest BCUT2D eigenvalue weighted by Crippen LogP contribution is 2.40. The van der Waals surface area contributed by atoms with Gasteiger partial charge in [-0.2, -0.15) is 0 Å². The van der Waals surface area contributed by atoms with Crippen LogP contribution in [0.25, 0.3) is 0 Å². The molecule has 30 heavy (non-hydrogen) atoms. The summed E-state index contributed by atoms with van der Waals surface area (Å²) in [5.74, 6) is 1.06. The minimum atomic E-state index is 0.115. The Kier molecular flexibility index (Phi) is 4.97. The van der Waals surface area contributed by atoms with Gasteiger partial charge in [-0.05, 0) is 44.2 Å². The molecule has 0 radical (unpaired) electrons. The van der Waals surface area contributed by atoms with E-state index in [4.69, 9.17) is 4.99 Å². The van der Waals surface area contributed by atoms with Crippen molar-refractivity contribution in [3.8, 4) is 0 Å². The van der Waals surface area contributed by atoms with Gasteiger partial charge in [0, 0.05) is 42.6 Å². The molecule has 2 aromatic carbocycles. The molecule has 0 amide bonds. The Hall–Kier alpha value is -3.18. The van der Waals surface area contributed by atoms with Crippen LogP contribution in [-0.4, -0.2) is 41.4 Å². The molecule has 3 unspecified atom stereocenters. The SMILES string of the molecule is CC1CN(C2c3ccccc3N=CN2c2ccccc2)C(C)CN1c1ccccn1. The smallest absolute Gasteiger partial charge is 0.128 e. The van der Waals surface area contributed by atoms with Crippen LogP contribution in [0, 0.1) is 0 Å². The van der Waals surface area contributed by atoms with Gasteiger partial charge in [0.2, 0.25) is 0 Å². The quantitative estimate of drug-likeness (QED) is 0.632. The number of hydrogen-bond donors (Lipinski definition) is 0. The van der Waals surface area contributed by atoms with E-state index in [0.717, 1.165) is 30.3 Å². The van der Waals surface area contributed by atoms with Crippen LogP contribution in [0.1, 0.15) is 25.6 Å². The fourth-order valence-corrected chi connectivity index (χ4v) is 4.64. The molecular weight excluding hydrogens is 370 g/mol. The zero-order valence-corrected chi connectivity index (χ0v) is 17.5. The van der Waals surface area contributed by atoms with Crippen molar-refractivity contribution in [2.75, 3.05) is 22.9 Å². The number of para-hydroxylation sites is 2. The van der Waals surface area contributed by atoms with E-state index >= 15 is 0 Å². The molecule has 0 N–H and O–H groups in total. The maximum Gasteiger partial charge on any atom is 0.128 e. The number of hydrogen-bond acceptors (Lipinski definition) is 5. The van der Waals surface area contributed by atoms with E-state index in [9.17, 15) is 0 Å². The lowest BCUT2D eigenvalue weighted by atomic mass is 10.0. The highest BCUT2D eigenvalue weighted by atomic mass is 15.4. The minimum absolute atomic E-state index is 0.115.